The van der Waals surface area contributed by atoms with E-state index in [1.54, 1.807) is 20.8 Å². The molecule has 2 atom stereocenters. The van der Waals surface area contributed by atoms with Gasteiger partial charge >= 0.3 is 12.1 Å². The fraction of sp³-hybridized carbons (Fsp3) is 0.867. The highest BCUT2D eigenvalue weighted by Crippen LogP contribution is 2.22. The molecular weight excluding hydrogens is 302 g/mol. The second-order valence-corrected chi connectivity index (χ2v) is 13.6. The van der Waals surface area contributed by atoms with E-state index >= 15 is 0 Å². The Morgan fingerprint density at radius 1 is 1.27 bits per heavy atom. The molecule has 128 valence electrons. The van der Waals surface area contributed by atoms with Crippen LogP contribution in [0.4, 0.5) is 4.79 Å². The van der Waals surface area contributed by atoms with E-state index in [1.807, 2.05) is 0 Å². The Morgan fingerprint density at radius 2 is 1.86 bits per heavy atom. The molecule has 0 aromatic carbocycles. The molecule has 0 bridgehead atoms. The summed E-state index contributed by atoms with van der Waals surface area (Å²) in [6.45, 7) is 12.4. The van der Waals surface area contributed by atoms with Crippen LogP contribution in [0.1, 0.15) is 27.2 Å². The van der Waals surface area contributed by atoms with Gasteiger partial charge in [0.15, 0.2) is 0 Å². The van der Waals surface area contributed by atoms with Crippen molar-refractivity contribution in [3.8, 4) is 0 Å². The molecule has 0 aromatic rings. The van der Waals surface area contributed by atoms with Crippen molar-refractivity contribution in [2.24, 2.45) is 0 Å². The summed E-state index contributed by atoms with van der Waals surface area (Å²) in [6.07, 6.45) is -1.11. The topological polar surface area (TPSA) is 76.1 Å². The van der Waals surface area contributed by atoms with Gasteiger partial charge in [0.1, 0.15) is 11.6 Å². The maximum absolute atomic E-state index is 12.2. The lowest BCUT2D eigenvalue weighted by Crippen LogP contribution is -2.44. The molecule has 0 aliphatic carbocycles. The zero-order chi connectivity index (χ0) is 17.1. The third-order valence-corrected chi connectivity index (χ3v) is 4.98. The summed E-state index contributed by atoms with van der Waals surface area (Å²) < 4.78 is 10.6. The van der Waals surface area contributed by atoms with Gasteiger partial charge in [-0.3, -0.25) is 4.90 Å². The smallest absolute Gasteiger partial charge is 0.411 e. The van der Waals surface area contributed by atoms with Crippen LogP contribution in [0.2, 0.25) is 25.7 Å². The number of carbonyl (C=O) groups is 2. The zero-order valence-electron chi connectivity index (χ0n) is 14.5. The first-order valence-electron chi connectivity index (χ1n) is 7.73. The average Bonchev–Trinajstić information content (AvgIpc) is 2.67. The summed E-state index contributed by atoms with van der Waals surface area (Å²) in [6, 6.07) is 0.118. The molecule has 1 unspecified atom stereocenters. The first-order valence-corrected chi connectivity index (χ1v) is 11.4. The van der Waals surface area contributed by atoms with E-state index < -0.39 is 37.9 Å². The van der Waals surface area contributed by atoms with Crippen molar-refractivity contribution < 1.29 is 24.2 Å². The van der Waals surface area contributed by atoms with E-state index in [2.05, 4.69) is 19.6 Å². The molecule has 0 radical (unpaired) electrons. The third kappa shape index (κ3) is 6.35. The molecule has 1 heterocycles. The normalized spacial score (nSPS) is 22.6. The molecule has 6 nitrogen and oxygen atoms in total. The largest absolute Gasteiger partial charge is 0.464 e. The lowest BCUT2D eigenvalue weighted by molar-refractivity contribution is -0.148. The van der Waals surface area contributed by atoms with Crippen molar-refractivity contribution in [2.45, 2.75) is 70.6 Å². The van der Waals surface area contributed by atoms with E-state index in [0.29, 0.717) is 6.61 Å². The Bertz CT molecular complexity index is 413. The molecule has 1 saturated heterocycles. The molecular formula is C15H29NO5Si. The first-order chi connectivity index (χ1) is 9.89. The zero-order valence-corrected chi connectivity index (χ0v) is 15.5. The lowest BCUT2D eigenvalue weighted by atomic mass is 10.2. The Balaban J connectivity index is 2.62. The number of esters is 1. The minimum Gasteiger partial charge on any atom is -0.464 e. The number of aliphatic hydroxyl groups is 1. The van der Waals surface area contributed by atoms with Gasteiger partial charge in [-0.1, -0.05) is 19.6 Å². The Labute approximate surface area is 133 Å². The van der Waals surface area contributed by atoms with Crippen molar-refractivity contribution in [1.29, 1.82) is 0 Å². The monoisotopic (exact) mass is 331 g/mol. The number of aliphatic hydroxyl groups excluding tert-OH is 1. The molecule has 1 aliphatic heterocycles. The second kappa shape index (κ2) is 7.00. The van der Waals surface area contributed by atoms with E-state index in [1.165, 1.54) is 4.90 Å². The summed E-state index contributed by atoms with van der Waals surface area (Å²) >= 11 is 0. The van der Waals surface area contributed by atoms with E-state index in [-0.39, 0.29) is 13.0 Å². The van der Waals surface area contributed by atoms with Crippen LogP contribution in [0.15, 0.2) is 0 Å². The number of rotatable bonds is 4. The van der Waals surface area contributed by atoms with Gasteiger partial charge in [-0.15, -0.1) is 0 Å². The van der Waals surface area contributed by atoms with Crippen LogP contribution in [-0.2, 0) is 14.3 Å². The SMILES string of the molecule is CC(C)(C)OC(=O)N1C[C@@H](O)CC1C(=O)OCC[Si](C)(C)C. The van der Waals surface area contributed by atoms with Crippen molar-refractivity contribution >= 4 is 20.1 Å². The first kappa shape index (κ1) is 19.0. The minimum atomic E-state index is -1.28. The van der Waals surface area contributed by atoms with Crippen LogP contribution in [-0.4, -0.2) is 61.0 Å². The summed E-state index contributed by atoms with van der Waals surface area (Å²) in [5, 5.41) is 9.77. The van der Waals surface area contributed by atoms with Crippen LogP contribution in [0.25, 0.3) is 0 Å². The van der Waals surface area contributed by atoms with E-state index in [9.17, 15) is 14.7 Å². The minimum absolute atomic E-state index is 0.0999. The maximum atomic E-state index is 12.2. The quantitative estimate of drug-likeness (QED) is 0.631. The second-order valence-electron chi connectivity index (χ2n) is 8.02. The number of likely N-dealkylation sites (tertiary alicyclic amines) is 1. The predicted molar refractivity (Wildman–Crippen MR) is 86.5 cm³/mol. The highest BCUT2D eigenvalue weighted by molar-refractivity contribution is 6.76. The van der Waals surface area contributed by atoms with Gasteiger partial charge in [-0.25, -0.2) is 9.59 Å². The van der Waals surface area contributed by atoms with Gasteiger partial charge in [0.05, 0.1) is 19.3 Å². The molecule has 1 fully saturated rings. The maximum Gasteiger partial charge on any atom is 0.411 e. The van der Waals surface area contributed by atoms with Crippen LogP contribution >= 0.6 is 0 Å². The molecule has 0 saturated carbocycles. The van der Waals surface area contributed by atoms with Gasteiger partial charge in [0, 0.05) is 14.5 Å². The molecule has 1 amide bonds. The summed E-state index contributed by atoms with van der Waals surface area (Å²) in [7, 11) is -1.28. The van der Waals surface area contributed by atoms with Crippen molar-refractivity contribution in [2.75, 3.05) is 13.2 Å². The Morgan fingerprint density at radius 3 is 2.36 bits per heavy atom. The van der Waals surface area contributed by atoms with Crippen LogP contribution in [0.3, 0.4) is 0 Å². The summed E-state index contributed by atoms with van der Waals surface area (Å²) in [4.78, 5) is 25.6. The standard InChI is InChI=1S/C15H29NO5Si/c1-15(2,3)21-14(19)16-10-11(17)9-12(16)13(18)20-7-8-22(4,5)6/h11-12,17H,7-10H2,1-6H3/t11-,12?/m0/s1. The summed E-state index contributed by atoms with van der Waals surface area (Å²) in [5.41, 5.74) is -0.642. The number of ether oxygens (including phenoxy) is 2. The van der Waals surface area contributed by atoms with Crippen LogP contribution in [0.5, 0.6) is 0 Å². The predicted octanol–water partition coefficient (Wildman–Crippen LogP) is 2.24. The average molecular weight is 331 g/mol. The number of carbonyl (C=O) groups excluding carboxylic acids is 2. The number of hydrogen-bond acceptors (Lipinski definition) is 5. The van der Waals surface area contributed by atoms with Crippen molar-refractivity contribution in [1.82, 2.24) is 4.90 Å². The van der Waals surface area contributed by atoms with E-state index in [4.69, 9.17) is 9.47 Å². The van der Waals surface area contributed by atoms with Crippen molar-refractivity contribution in [3.05, 3.63) is 0 Å². The molecule has 22 heavy (non-hydrogen) atoms. The fourth-order valence-corrected chi connectivity index (χ4v) is 2.83. The van der Waals surface area contributed by atoms with Crippen LogP contribution < -0.4 is 0 Å². The molecule has 7 heteroatoms. The van der Waals surface area contributed by atoms with Gasteiger partial charge < -0.3 is 14.6 Å². The number of nitrogens with zero attached hydrogens (tertiary/aromatic N) is 1. The fourth-order valence-electron chi connectivity index (χ4n) is 2.11. The van der Waals surface area contributed by atoms with Crippen molar-refractivity contribution in [3.63, 3.8) is 0 Å². The highest BCUT2D eigenvalue weighted by Gasteiger charge is 2.41. The highest BCUT2D eigenvalue weighted by atomic mass is 28.3. The molecule has 1 rings (SSSR count). The number of hydrogen-bond donors (Lipinski definition) is 1. The Hall–Kier alpha value is -1.08. The van der Waals surface area contributed by atoms with Gasteiger partial charge in [-0.05, 0) is 26.8 Å². The molecule has 0 aromatic heterocycles. The number of amides is 1. The Kier molecular flexibility index (Phi) is 6.03. The third-order valence-electron chi connectivity index (χ3n) is 3.28. The lowest BCUT2D eigenvalue weighted by Gasteiger charge is -2.27. The van der Waals surface area contributed by atoms with Gasteiger partial charge in [0.2, 0.25) is 0 Å². The van der Waals surface area contributed by atoms with E-state index in [0.717, 1.165) is 6.04 Å². The molecule has 1 N–H and O–H groups in total. The van der Waals surface area contributed by atoms with Crippen LogP contribution in [0, 0.1) is 0 Å². The molecule has 1 aliphatic rings. The number of β-amino-alcohol motifs (C(OH)–C–C–N with tert-alkyl or cyclic N) is 1. The van der Waals surface area contributed by atoms with Gasteiger partial charge in [0.25, 0.3) is 0 Å². The summed E-state index contributed by atoms with van der Waals surface area (Å²) in [5.74, 6) is -0.458. The molecule has 0 spiro atoms. The van der Waals surface area contributed by atoms with Gasteiger partial charge in [-0.2, -0.15) is 0 Å².